The predicted molar refractivity (Wildman–Crippen MR) is 76.5 cm³/mol. The van der Waals surface area contributed by atoms with Crippen molar-refractivity contribution in [3.05, 3.63) is 35.9 Å². The zero-order valence-electron chi connectivity index (χ0n) is 12.3. The number of nitrogens with zero attached hydrogens (tertiary/aromatic N) is 2. The Morgan fingerprint density at radius 1 is 1.00 bits per heavy atom. The highest BCUT2D eigenvalue weighted by Gasteiger charge is 2.56. The van der Waals surface area contributed by atoms with Gasteiger partial charge < -0.3 is 9.80 Å². The normalized spacial score (nSPS) is 26.7. The standard InChI is InChI=1S/C16H18F2N2O2/c1-11(21)19-7-13-9-20(10-14(8-19)16(13,17)18)15(22)12-5-3-2-4-6-12/h2-6,13-14H,7-10H2,1H3. The van der Waals surface area contributed by atoms with Gasteiger partial charge in [0.25, 0.3) is 11.8 Å². The molecular formula is C16H18F2N2O2. The monoisotopic (exact) mass is 308 g/mol. The number of carbonyl (C=O) groups is 2. The summed E-state index contributed by atoms with van der Waals surface area (Å²) in [5, 5.41) is 0. The maximum Gasteiger partial charge on any atom is 0.260 e. The summed E-state index contributed by atoms with van der Waals surface area (Å²) < 4.78 is 28.6. The lowest BCUT2D eigenvalue weighted by molar-refractivity contribution is -0.184. The van der Waals surface area contributed by atoms with Crippen molar-refractivity contribution >= 4 is 11.8 Å². The molecule has 2 aliphatic heterocycles. The highest BCUT2D eigenvalue weighted by atomic mass is 19.3. The number of carbonyl (C=O) groups excluding carboxylic acids is 2. The molecule has 6 heteroatoms. The highest BCUT2D eigenvalue weighted by molar-refractivity contribution is 5.94. The molecule has 118 valence electrons. The minimum absolute atomic E-state index is 0.0113. The SMILES string of the molecule is CC(=O)N1CC2CN(C(=O)c3ccccc3)CC(C1)C2(F)F. The van der Waals surface area contributed by atoms with Crippen molar-refractivity contribution in [2.75, 3.05) is 26.2 Å². The fourth-order valence-corrected chi connectivity index (χ4v) is 3.34. The molecule has 1 aromatic rings. The summed E-state index contributed by atoms with van der Waals surface area (Å²) >= 11 is 0. The van der Waals surface area contributed by atoms with E-state index >= 15 is 0 Å². The zero-order chi connectivity index (χ0) is 15.9. The summed E-state index contributed by atoms with van der Waals surface area (Å²) in [6.07, 6.45) is 0. The number of halogens is 2. The Morgan fingerprint density at radius 3 is 2.00 bits per heavy atom. The van der Waals surface area contributed by atoms with E-state index in [-0.39, 0.29) is 38.0 Å². The summed E-state index contributed by atoms with van der Waals surface area (Å²) in [6.45, 7) is 1.39. The smallest absolute Gasteiger partial charge is 0.260 e. The van der Waals surface area contributed by atoms with Crippen LogP contribution < -0.4 is 0 Å². The Hall–Kier alpha value is -1.98. The van der Waals surface area contributed by atoms with Gasteiger partial charge in [0.15, 0.2) is 0 Å². The lowest BCUT2D eigenvalue weighted by Gasteiger charge is -2.50. The number of benzene rings is 1. The molecular weight excluding hydrogens is 290 g/mol. The molecule has 2 saturated heterocycles. The number of hydrogen-bond donors (Lipinski definition) is 0. The van der Waals surface area contributed by atoms with Gasteiger partial charge in [0, 0.05) is 38.7 Å². The molecule has 2 bridgehead atoms. The average molecular weight is 308 g/mol. The van der Waals surface area contributed by atoms with E-state index in [1.54, 1.807) is 30.3 Å². The van der Waals surface area contributed by atoms with E-state index < -0.39 is 17.8 Å². The lowest BCUT2D eigenvalue weighted by atomic mass is 9.80. The first-order valence-electron chi connectivity index (χ1n) is 7.37. The van der Waals surface area contributed by atoms with Gasteiger partial charge in [0.2, 0.25) is 5.91 Å². The van der Waals surface area contributed by atoms with Crippen LogP contribution in [0.1, 0.15) is 17.3 Å². The molecule has 3 rings (SSSR count). The predicted octanol–water partition coefficient (Wildman–Crippen LogP) is 1.87. The molecule has 2 unspecified atom stereocenters. The molecule has 0 saturated carbocycles. The molecule has 0 spiro atoms. The van der Waals surface area contributed by atoms with Gasteiger partial charge in [-0.2, -0.15) is 0 Å². The summed E-state index contributed by atoms with van der Waals surface area (Å²) in [6, 6.07) is 8.69. The molecule has 2 heterocycles. The van der Waals surface area contributed by atoms with Crippen LogP contribution in [0, 0.1) is 11.8 Å². The van der Waals surface area contributed by atoms with Crippen molar-refractivity contribution < 1.29 is 18.4 Å². The Balaban J connectivity index is 1.80. The number of likely N-dealkylation sites (tertiary alicyclic amines) is 2. The number of alkyl halides is 2. The van der Waals surface area contributed by atoms with E-state index in [0.29, 0.717) is 5.56 Å². The summed E-state index contributed by atoms with van der Waals surface area (Å²) in [7, 11) is 0. The number of hydrogen-bond acceptors (Lipinski definition) is 2. The topological polar surface area (TPSA) is 40.6 Å². The van der Waals surface area contributed by atoms with E-state index in [9.17, 15) is 18.4 Å². The molecule has 1 aromatic carbocycles. The van der Waals surface area contributed by atoms with Crippen molar-refractivity contribution in [2.24, 2.45) is 11.8 Å². The number of amides is 2. The number of rotatable bonds is 1. The fourth-order valence-electron chi connectivity index (χ4n) is 3.34. The molecule has 0 aromatic heterocycles. The zero-order valence-corrected chi connectivity index (χ0v) is 12.3. The van der Waals surface area contributed by atoms with Gasteiger partial charge in [-0.15, -0.1) is 0 Å². The fraction of sp³-hybridized carbons (Fsp3) is 0.500. The van der Waals surface area contributed by atoms with Gasteiger partial charge in [-0.3, -0.25) is 9.59 Å². The van der Waals surface area contributed by atoms with Gasteiger partial charge in [0.1, 0.15) is 0 Å². The molecule has 0 aliphatic carbocycles. The quantitative estimate of drug-likeness (QED) is 0.795. The third kappa shape index (κ3) is 2.46. The van der Waals surface area contributed by atoms with E-state index in [1.165, 1.54) is 16.7 Å². The first-order chi connectivity index (χ1) is 10.4. The summed E-state index contributed by atoms with van der Waals surface area (Å²) in [5.41, 5.74) is 0.509. The van der Waals surface area contributed by atoms with Gasteiger partial charge in [-0.1, -0.05) is 18.2 Å². The number of fused-ring (bicyclic) bond motifs is 2. The van der Waals surface area contributed by atoms with Crippen LogP contribution in [0.2, 0.25) is 0 Å². The van der Waals surface area contributed by atoms with Crippen molar-refractivity contribution in [1.29, 1.82) is 0 Å². The minimum atomic E-state index is -2.82. The number of piperidine rings is 2. The van der Waals surface area contributed by atoms with Crippen molar-refractivity contribution in [1.82, 2.24) is 9.80 Å². The second kappa shape index (κ2) is 5.34. The lowest BCUT2D eigenvalue weighted by Crippen LogP contribution is -2.64. The van der Waals surface area contributed by atoms with Crippen LogP contribution in [0.4, 0.5) is 8.78 Å². The summed E-state index contributed by atoms with van der Waals surface area (Å²) in [4.78, 5) is 26.9. The van der Waals surface area contributed by atoms with E-state index in [2.05, 4.69) is 0 Å². The van der Waals surface area contributed by atoms with Crippen LogP contribution >= 0.6 is 0 Å². The van der Waals surface area contributed by atoms with Crippen LogP contribution in [0.15, 0.2) is 30.3 Å². The average Bonchev–Trinajstić information content (AvgIpc) is 2.46. The van der Waals surface area contributed by atoms with Crippen molar-refractivity contribution in [3.8, 4) is 0 Å². The first kappa shape index (κ1) is 14.9. The van der Waals surface area contributed by atoms with Gasteiger partial charge in [-0.05, 0) is 12.1 Å². The molecule has 2 amide bonds. The third-order valence-corrected chi connectivity index (χ3v) is 4.60. The van der Waals surface area contributed by atoms with Crippen LogP contribution in [0.25, 0.3) is 0 Å². The molecule has 2 atom stereocenters. The third-order valence-electron chi connectivity index (χ3n) is 4.60. The molecule has 0 N–H and O–H groups in total. The Morgan fingerprint density at radius 2 is 1.50 bits per heavy atom. The van der Waals surface area contributed by atoms with E-state index in [1.807, 2.05) is 0 Å². The Kier molecular flexibility index (Phi) is 3.62. The van der Waals surface area contributed by atoms with Crippen LogP contribution in [-0.2, 0) is 4.79 Å². The summed E-state index contributed by atoms with van der Waals surface area (Å²) in [5.74, 6) is -5.21. The second-order valence-electron chi connectivity index (χ2n) is 6.07. The van der Waals surface area contributed by atoms with Gasteiger partial charge in [-0.25, -0.2) is 8.78 Å². The van der Waals surface area contributed by atoms with Crippen molar-refractivity contribution in [3.63, 3.8) is 0 Å². The Labute approximate surface area is 127 Å². The van der Waals surface area contributed by atoms with E-state index in [0.717, 1.165) is 0 Å². The minimum Gasteiger partial charge on any atom is -0.342 e. The Bertz CT molecular complexity index is 573. The molecule has 22 heavy (non-hydrogen) atoms. The van der Waals surface area contributed by atoms with Gasteiger partial charge >= 0.3 is 0 Å². The van der Waals surface area contributed by atoms with Gasteiger partial charge in [0.05, 0.1) is 11.8 Å². The molecule has 2 aliphatic rings. The second-order valence-corrected chi connectivity index (χ2v) is 6.07. The van der Waals surface area contributed by atoms with Crippen LogP contribution in [-0.4, -0.2) is 53.7 Å². The highest BCUT2D eigenvalue weighted by Crippen LogP contribution is 2.42. The van der Waals surface area contributed by atoms with E-state index in [4.69, 9.17) is 0 Å². The van der Waals surface area contributed by atoms with Crippen molar-refractivity contribution in [2.45, 2.75) is 12.8 Å². The molecule has 0 radical (unpaired) electrons. The maximum atomic E-state index is 14.3. The molecule has 4 nitrogen and oxygen atoms in total. The first-order valence-corrected chi connectivity index (χ1v) is 7.37. The van der Waals surface area contributed by atoms with Crippen LogP contribution in [0.3, 0.4) is 0 Å². The van der Waals surface area contributed by atoms with Crippen LogP contribution in [0.5, 0.6) is 0 Å². The maximum absolute atomic E-state index is 14.3. The largest absolute Gasteiger partial charge is 0.342 e. The molecule has 2 fully saturated rings.